The minimum Gasteiger partial charge on any atom is -0.461 e. The monoisotopic (exact) mass is 483 g/mol. The van der Waals surface area contributed by atoms with Crippen molar-refractivity contribution in [1.29, 1.82) is 0 Å². The third-order valence-corrected chi connectivity index (χ3v) is 6.97. The van der Waals surface area contributed by atoms with Crippen LogP contribution in [0.5, 0.6) is 0 Å². The Kier molecular flexibility index (Phi) is 10.2. The molecule has 34 heavy (non-hydrogen) atoms. The molecule has 0 spiro atoms. The molecule has 0 aromatic heterocycles. The number of aliphatic hydroxyl groups is 2. The van der Waals surface area contributed by atoms with Gasteiger partial charge < -0.3 is 29.7 Å². The zero-order valence-electron chi connectivity index (χ0n) is 21.3. The van der Waals surface area contributed by atoms with Gasteiger partial charge in [0.15, 0.2) is 12.1 Å². The first kappa shape index (κ1) is 28.4. The Hall–Kier alpha value is -1.81. The van der Waals surface area contributed by atoms with Crippen LogP contribution in [0.4, 0.5) is 0 Å². The molecule has 2 rings (SSSR count). The summed E-state index contributed by atoms with van der Waals surface area (Å²) in [6, 6.07) is -0.806. The van der Waals surface area contributed by atoms with Gasteiger partial charge in [0.1, 0.15) is 18.3 Å². The van der Waals surface area contributed by atoms with Gasteiger partial charge in [0.25, 0.3) is 0 Å². The normalized spacial score (nSPS) is 43.3. The van der Waals surface area contributed by atoms with Gasteiger partial charge in [-0.1, -0.05) is 33.8 Å². The average Bonchev–Trinajstić information content (AvgIpc) is 2.78. The quantitative estimate of drug-likeness (QED) is 0.515. The van der Waals surface area contributed by atoms with Crippen LogP contribution in [0.3, 0.4) is 0 Å². The zero-order valence-corrected chi connectivity index (χ0v) is 21.3. The van der Waals surface area contributed by atoms with Crippen molar-refractivity contribution in [2.24, 2.45) is 23.7 Å². The van der Waals surface area contributed by atoms with E-state index in [-0.39, 0.29) is 35.5 Å². The number of hydrogen-bond acceptors (Lipinski definition) is 8. The molecule has 194 valence electrons. The minimum atomic E-state index is -1.45. The molecule has 1 saturated heterocycles. The molecule has 1 amide bonds. The number of amides is 1. The van der Waals surface area contributed by atoms with Gasteiger partial charge in [0, 0.05) is 18.8 Å². The molecule has 2 unspecified atom stereocenters. The first-order valence-electron chi connectivity index (χ1n) is 12.2. The maximum atomic E-state index is 13.1. The Morgan fingerprint density at radius 2 is 1.79 bits per heavy atom. The van der Waals surface area contributed by atoms with Crippen molar-refractivity contribution in [1.82, 2.24) is 5.32 Å². The molecular formula is C25H41NO8. The Balaban J connectivity index is 2.30. The van der Waals surface area contributed by atoms with E-state index < -0.39 is 48.6 Å². The minimum absolute atomic E-state index is 0.0111. The van der Waals surface area contributed by atoms with Crippen LogP contribution in [-0.2, 0) is 28.6 Å². The Bertz CT molecular complexity index is 755. The van der Waals surface area contributed by atoms with E-state index in [1.165, 1.54) is 6.92 Å². The van der Waals surface area contributed by atoms with Gasteiger partial charge in [-0.3, -0.25) is 14.4 Å². The lowest BCUT2D eigenvalue weighted by Crippen LogP contribution is -2.63. The van der Waals surface area contributed by atoms with Gasteiger partial charge in [-0.25, -0.2) is 0 Å². The molecule has 2 heterocycles. The first-order chi connectivity index (χ1) is 15.9. The largest absolute Gasteiger partial charge is 0.461 e. The van der Waals surface area contributed by atoms with Crippen molar-refractivity contribution < 1.29 is 38.8 Å². The maximum Gasteiger partial charge on any atom is 0.311 e. The molecule has 3 N–H and O–H groups in total. The van der Waals surface area contributed by atoms with E-state index in [2.05, 4.69) is 5.32 Å². The summed E-state index contributed by atoms with van der Waals surface area (Å²) in [4.78, 5) is 37.2. The van der Waals surface area contributed by atoms with Crippen molar-refractivity contribution in [2.75, 3.05) is 0 Å². The number of cyclic esters (lactones) is 1. The molecule has 0 saturated carbocycles. The van der Waals surface area contributed by atoms with E-state index in [4.69, 9.17) is 14.2 Å². The van der Waals surface area contributed by atoms with E-state index in [1.807, 2.05) is 27.7 Å². The topological polar surface area (TPSA) is 131 Å². The average molecular weight is 484 g/mol. The molecule has 0 aromatic rings. The van der Waals surface area contributed by atoms with Crippen molar-refractivity contribution in [3.05, 3.63) is 12.2 Å². The Labute approximate surface area is 202 Å². The predicted molar refractivity (Wildman–Crippen MR) is 124 cm³/mol. The second-order valence-electron chi connectivity index (χ2n) is 9.92. The van der Waals surface area contributed by atoms with Crippen LogP contribution in [0.2, 0.25) is 0 Å². The number of rotatable bonds is 4. The lowest BCUT2D eigenvalue weighted by atomic mass is 9.84. The van der Waals surface area contributed by atoms with Crippen molar-refractivity contribution in [3.8, 4) is 0 Å². The predicted octanol–water partition coefficient (Wildman–Crippen LogP) is 1.74. The molecule has 11 atom stereocenters. The van der Waals surface area contributed by atoms with Gasteiger partial charge in [-0.15, -0.1) is 0 Å². The van der Waals surface area contributed by atoms with Crippen LogP contribution < -0.4 is 5.32 Å². The highest BCUT2D eigenvalue weighted by molar-refractivity contribution is 5.91. The summed E-state index contributed by atoms with van der Waals surface area (Å²) in [5.74, 6) is -2.19. The molecule has 2 aliphatic heterocycles. The van der Waals surface area contributed by atoms with Crippen LogP contribution in [0.15, 0.2) is 12.2 Å². The highest BCUT2D eigenvalue weighted by Gasteiger charge is 2.46. The fraction of sp³-hybridized carbons (Fsp3) is 0.800. The number of ketones is 1. The summed E-state index contributed by atoms with van der Waals surface area (Å²) in [7, 11) is 0. The molecule has 9 heteroatoms. The van der Waals surface area contributed by atoms with Crippen molar-refractivity contribution >= 4 is 17.7 Å². The van der Waals surface area contributed by atoms with Gasteiger partial charge in [-0.2, -0.15) is 0 Å². The van der Waals surface area contributed by atoms with Crippen LogP contribution in [-0.4, -0.2) is 70.7 Å². The van der Waals surface area contributed by atoms with Crippen molar-refractivity contribution in [3.63, 3.8) is 0 Å². The number of carbonyl (C=O) groups excluding carboxylic acids is 3. The number of nitrogens with one attached hydrogen (secondary N) is 1. The lowest BCUT2D eigenvalue weighted by Gasteiger charge is -2.44. The number of esters is 1. The highest BCUT2D eigenvalue weighted by Crippen LogP contribution is 2.31. The van der Waals surface area contributed by atoms with Gasteiger partial charge in [0.2, 0.25) is 5.91 Å². The van der Waals surface area contributed by atoms with E-state index in [1.54, 1.807) is 26.0 Å². The summed E-state index contributed by atoms with van der Waals surface area (Å²) in [6.07, 6.45) is -1.37. The third kappa shape index (κ3) is 6.87. The second kappa shape index (κ2) is 12.2. The van der Waals surface area contributed by atoms with E-state index in [9.17, 15) is 24.6 Å². The van der Waals surface area contributed by atoms with Gasteiger partial charge >= 0.3 is 5.97 Å². The molecule has 2 aliphatic rings. The number of ether oxygens (including phenoxy) is 3. The molecule has 0 radical (unpaired) electrons. The van der Waals surface area contributed by atoms with E-state index in [0.717, 1.165) is 0 Å². The third-order valence-electron chi connectivity index (χ3n) is 6.97. The summed E-state index contributed by atoms with van der Waals surface area (Å²) in [6.45, 7) is 12.2. The maximum absolute atomic E-state index is 13.1. The Morgan fingerprint density at radius 1 is 1.15 bits per heavy atom. The standard InChI is InChI=1S/C25H41NO8/c1-8-19-12(2)9-10-18(28)13(3)11-14(4)23(15(5)24(31)33-19)34-25-22(30)21(29)20(16(6)32-25)26-17(7)27/h9-10,12-16,19-23,25,29-30H,8,11H2,1-7H3,(H,26,27)/b10-9+/t12-,13-,14+,15-,16?,19-,20+,21?,22-,23+,25+/m1/s1. The molecule has 1 fully saturated rings. The van der Waals surface area contributed by atoms with E-state index >= 15 is 0 Å². The lowest BCUT2D eigenvalue weighted by molar-refractivity contribution is -0.294. The number of allylic oxidation sites excluding steroid dienone is 1. The Morgan fingerprint density at radius 3 is 2.38 bits per heavy atom. The summed E-state index contributed by atoms with van der Waals surface area (Å²) in [5.41, 5.74) is 0. The van der Waals surface area contributed by atoms with Crippen LogP contribution in [0.25, 0.3) is 0 Å². The SMILES string of the molecule is CC[C@H]1OC(=O)[C@H](C)[C@@H](O[C@@H]2OC(C)[C@H](NC(C)=O)C(O)[C@H]2O)[C@@H](C)C[C@@H](C)C(=O)/C=C/[C@H]1C. The molecule has 0 bridgehead atoms. The zero-order chi connectivity index (χ0) is 25.7. The fourth-order valence-electron chi connectivity index (χ4n) is 4.77. The smallest absolute Gasteiger partial charge is 0.311 e. The number of aliphatic hydroxyl groups excluding tert-OH is 2. The van der Waals surface area contributed by atoms with Gasteiger partial charge in [0.05, 0.1) is 24.2 Å². The summed E-state index contributed by atoms with van der Waals surface area (Å²) < 4.78 is 17.7. The van der Waals surface area contributed by atoms with Gasteiger partial charge in [-0.05, 0) is 38.7 Å². The number of hydrogen-bond donors (Lipinski definition) is 3. The second-order valence-corrected chi connectivity index (χ2v) is 9.92. The number of carbonyl (C=O) groups is 3. The molecule has 9 nitrogen and oxygen atoms in total. The molecule has 0 aliphatic carbocycles. The summed E-state index contributed by atoms with van der Waals surface area (Å²) in [5, 5.41) is 23.9. The van der Waals surface area contributed by atoms with Crippen LogP contribution in [0.1, 0.15) is 61.3 Å². The fourth-order valence-corrected chi connectivity index (χ4v) is 4.77. The highest BCUT2D eigenvalue weighted by atomic mass is 16.7. The summed E-state index contributed by atoms with van der Waals surface area (Å²) >= 11 is 0. The van der Waals surface area contributed by atoms with Crippen molar-refractivity contribution in [2.45, 2.75) is 104 Å². The first-order valence-corrected chi connectivity index (χ1v) is 12.2. The van der Waals surface area contributed by atoms with E-state index in [0.29, 0.717) is 12.8 Å². The molecular weight excluding hydrogens is 442 g/mol. The van der Waals surface area contributed by atoms with Crippen LogP contribution >= 0.6 is 0 Å². The van der Waals surface area contributed by atoms with Crippen LogP contribution in [0, 0.1) is 23.7 Å². The molecule has 0 aromatic carbocycles.